The molecule has 0 fully saturated rings. The Morgan fingerprint density at radius 3 is 1.83 bits per heavy atom. The Balaban J connectivity index is 3.37. The lowest BCUT2D eigenvalue weighted by Crippen LogP contribution is -2.62. The standard InChI is InChI=1S/C11H4ClF8I2N/c12-11(19,20)10(17,18)9(15,16)8(13,14)7(22)23-6-4-2-1-3-5(6)21/h1-4H. The molecule has 23 heavy (non-hydrogen) atoms. The van der Waals surface area contributed by atoms with Crippen LogP contribution >= 0.6 is 56.8 Å². The first-order valence-corrected chi connectivity index (χ1v) is 7.89. The molecule has 0 aliphatic carbocycles. The molecule has 0 aliphatic heterocycles. The van der Waals surface area contributed by atoms with E-state index in [2.05, 4.69) is 16.6 Å². The lowest BCUT2D eigenvalue weighted by Gasteiger charge is -2.33. The molecule has 0 radical (unpaired) electrons. The van der Waals surface area contributed by atoms with E-state index in [1.54, 1.807) is 22.6 Å². The van der Waals surface area contributed by atoms with E-state index < -0.39 is 26.9 Å². The summed E-state index contributed by atoms with van der Waals surface area (Å²) in [5.74, 6) is -18.6. The summed E-state index contributed by atoms with van der Waals surface area (Å²) >= 11 is 6.10. The fraction of sp³-hybridized carbons (Fsp3) is 0.364. The van der Waals surface area contributed by atoms with Gasteiger partial charge in [0, 0.05) is 3.57 Å². The molecule has 0 amide bonds. The Morgan fingerprint density at radius 2 is 1.39 bits per heavy atom. The molecule has 130 valence electrons. The minimum atomic E-state index is -6.50. The Kier molecular flexibility index (Phi) is 6.21. The van der Waals surface area contributed by atoms with Crippen LogP contribution in [-0.2, 0) is 0 Å². The molecule has 0 N–H and O–H groups in total. The van der Waals surface area contributed by atoms with Crippen molar-refractivity contribution >= 4 is 66.2 Å². The maximum absolute atomic E-state index is 13.7. The molecule has 1 aromatic carbocycles. The highest BCUT2D eigenvalue weighted by atomic mass is 127. The van der Waals surface area contributed by atoms with Crippen molar-refractivity contribution in [2.24, 2.45) is 4.99 Å². The third-order valence-corrected chi connectivity index (χ3v) is 4.54. The van der Waals surface area contributed by atoms with Gasteiger partial charge in [-0.3, -0.25) is 0 Å². The van der Waals surface area contributed by atoms with Crippen LogP contribution in [0.15, 0.2) is 29.3 Å². The zero-order valence-corrected chi connectivity index (χ0v) is 15.5. The number of alkyl halides is 9. The second-order valence-electron chi connectivity index (χ2n) is 4.07. The fourth-order valence-electron chi connectivity index (χ4n) is 1.22. The average Bonchev–Trinajstić information content (AvgIpc) is 2.39. The van der Waals surface area contributed by atoms with Gasteiger partial charge in [-0.05, 0) is 68.9 Å². The Labute approximate surface area is 156 Å². The molecule has 0 saturated heterocycles. The number of rotatable bonds is 5. The number of para-hydroxylation sites is 1. The molecule has 0 heterocycles. The predicted molar refractivity (Wildman–Crippen MR) is 85.9 cm³/mol. The molecule has 0 saturated carbocycles. The van der Waals surface area contributed by atoms with Crippen molar-refractivity contribution in [3.05, 3.63) is 27.8 Å². The van der Waals surface area contributed by atoms with Gasteiger partial charge in [0.1, 0.15) is 0 Å². The van der Waals surface area contributed by atoms with Crippen LogP contribution in [-0.4, -0.2) is 26.9 Å². The van der Waals surface area contributed by atoms with Crippen molar-refractivity contribution in [2.45, 2.75) is 23.1 Å². The van der Waals surface area contributed by atoms with E-state index in [0.29, 0.717) is 22.6 Å². The Morgan fingerprint density at radius 1 is 0.913 bits per heavy atom. The largest absolute Gasteiger partial charge is 0.393 e. The zero-order valence-electron chi connectivity index (χ0n) is 10.4. The summed E-state index contributed by atoms with van der Waals surface area (Å²) in [6, 6.07) is 5.37. The van der Waals surface area contributed by atoms with Crippen LogP contribution in [0, 0.1) is 3.57 Å². The monoisotopic (exact) mass is 591 g/mol. The maximum Gasteiger partial charge on any atom is 0.393 e. The first-order valence-electron chi connectivity index (χ1n) is 5.35. The van der Waals surface area contributed by atoms with E-state index in [9.17, 15) is 35.1 Å². The predicted octanol–water partition coefficient (Wildman–Crippen LogP) is 6.49. The van der Waals surface area contributed by atoms with E-state index in [0.717, 1.165) is 6.07 Å². The SMILES string of the molecule is FC(F)(Cl)C(F)(F)C(F)(F)C(F)(F)C(I)=Nc1ccccc1I. The van der Waals surface area contributed by atoms with Gasteiger partial charge in [-0.2, -0.15) is 35.1 Å². The highest BCUT2D eigenvalue weighted by molar-refractivity contribution is 14.1. The minimum absolute atomic E-state index is 0.214. The van der Waals surface area contributed by atoms with E-state index in [-0.39, 0.29) is 9.26 Å². The second kappa shape index (κ2) is 6.77. The number of nitrogens with zero attached hydrogens (tertiary/aromatic N) is 1. The van der Waals surface area contributed by atoms with Crippen LogP contribution in [0.4, 0.5) is 40.8 Å². The normalized spacial score (nSPS) is 15.0. The third kappa shape index (κ3) is 3.85. The molecule has 0 bridgehead atoms. The summed E-state index contributed by atoms with van der Waals surface area (Å²) < 4.78 is 103. The molecule has 1 rings (SSSR count). The van der Waals surface area contributed by atoms with E-state index in [1.165, 1.54) is 18.2 Å². The van der Waals surface area contributed by atoms with Crippen LogP contribution in [0.5, 0.6) is 0 Å². The molecule has 0 spiro atoms. The van der Waals surface area contributed by atoms with Gasteiger partial charge in [0.05, 0.1) is 5.69 Å². The first-order chi connectivity index (χ1) is 10.2. The number of hydrogen-bond acceptors (Lipinski definition) is 1. The van der Waals surface area contributed by atoms with Gasteiger partial charge >= 0.3 is 23.1 Å². The third-order valence-electron chi connectivity index (χ3n) is 2.47. The maximum atomic E-state index is 13.7. The van der Waals surface area contributed by atoms with Gasteiger partial charge in [0.2, 0.25) is 0 Å². The van der Waals surface area contributed by atoms with Gasteiger partial charge in [0.25, 0.3) is 0 Å². The summed E-state index contributed by atoms with van der Waals surface area (Å²) in [4.78, 5) is 3.14. The van der Waals surface area contributed by atoms with Gasteiger partial charge in [-0.15, -0.1) is 0 Å². The van der Waals surface area contributed by atoms with E-state index in [4.69, 9.17) is 0 Å². The van der Waals surface area contributed by atoms with Gasteiger partial charge in [0.15, 0.2) is 3.72 Å². The molecule has 1 aromatic rings. The lowest BCUT2D eigenvalue weighted by atomic mass is 10.1. The molecular weight excluding hydrogens is 587 g/mol. The number of aliphatic imine (C=N–C) groups is 1. The van der Waals surface area contributed by atoms with Crippen molar-refractivity contribution < 1.29 is 35.1 Å². The highest BCUT2D eigenvalue weighted by Gasteiger charge is 2.81. The zero-order chi connectivity index (χ0) is 18.3. The molecular formula is C11H4ClF8I2N. The quantitative estimate of drug-likeness (QED) is 0.161. The topological polar surface area (TPSA) is 12.4 Å². The highest BCUT2D eigenvalue weighted by Crippen LogP contribution is 2.55. The average molecular weight is 591 g/mol. The molecule has 0 atom stereocenters. The summed E-state index contributed by atoms with van der Waals surface area (Å²) in [5.41, 5.74) is -0.214. The van der Waals surface area contributed by atoms with Crippen molar-refractivity contribution in [1.82, 2.24) is 0 Å². The van der Waals surface area contributed by atoms with Crippen molar-refractivity contribution in [1.29, 1.82) is 0 Å². The van der Waals surface area contributed by atoms with Gasteiger partial charge < -0.3 is 0 Å². The Hall–Kier alpha value is 0.0800. The van der Waals surface area contributed by atoms with E-state index >= 15 is 0 Å². The van der Waals surface area contributed by atoms with Crippen LogP contribution in [0.25, 0.3) is 0 Å². The summed E-state index contributed by atoms with van der Waals surface area (Å²) in [6.45, 7) is 0. The second-order valence-corrected chi connectivity index (χ2v) is 6.73. The van der Waals surface area contributed by atoms with Crippen molar-refractivity contribution in [2.75, 3.05) is 0 Å². The number of hydrogen-bond donors (Lipinski definition) is 0. The van der Waals surface area contributed by atoms with Crippen molar-refractivity contribution in [3.63, 3.8) is 0 Å². The van der Waals surface area contributed by atoms with Crippen molar-refractivity contribution in [3.8, 4) is 0 Å². The van der Waals surface area contributed by atoms with Crippen LogP contribution < -0.4 is 0 Å². The smallest absolute Gasteiger partial charge is 0.239 e. The summed E-state index contributed by atoms with van der Waals surface area (Å²) in [5, 5.41) is -5.88. The summed E-state index contributed by atoms with van der Waals surface area (Å²) in [7, 11) is 0. The lowest BCUT2D eigenvalue weighted by molar-refractivity contribution is -0.329. The molecule has 0 aliphatic rings. The molecule has 12 heteroatoms. The number of benzene rings is 1. The van der Waals surface area contributed by atoms with Crippen LogP contribution in [0.2, 0.25) is 0 Å². The molecule has 1 nitrogen and oxygen atoms in total. The van der Waals surface area contributed by atoms with Crippen LogP contribution in [0.1, 0.15) is 0 Å². The molecule has 0 unspecified atom stereocenters. The number of halogens is 11. The fourth-order valence-corrected chi connectivity index (χ4v) is 2.45. The summed E-state index contributed by atoms with van der Waals surface area (Å²) in [6.07, 6.45) is 0. The van der Waals surface area contributed by atoms with Crippen LogP contribution in [0.3, 0.4) is 0 Å². The Bertz CT molecular complexity index is 614. The first kappa shape index (κ1) is 21.1. The minimum Gasteiger partial charge on any atom is -0.239 e. The van der Waals surface area contributed by atoms with Gasteiger partial charge in [-0.25, -0.2) is 4.99 Å². The van der Waals surface area contributed by atoms with Gasteiger partial charge in [-0.1, -0.05) is 12.1 Å². The molecule has 0 aromatic heterocycles. The van der Waals surface area contributed by atoms with E-state index in [1.807, 2.05) is 0 Å².